The number of methoxy groups -OCH3 is 1. The first-order valence-electron chi connectivity index (χ1n) is 7.91. The summed E-state index contributed by atoms with van der Waals surface area (Å²) in [6.45, 7) is 1.31. The van der Waals surface area contributed by atoms with Crippen LogP contribution in [0.25, 0.3) is 0 Å². The van der Waals surface area contributed by atoms with Gasteiger partial charge in [0.15, 0.2) is 0 Å². The molecule has 2 unspecified atom stereocenters. The molecule has 0 aliphatic carbocycles. The first-order chi connectivity index (χ1) is 11.2. The Bertz CT molecular complexity index is 655. The molecule has 1 heterocycles. The fraction of sp³-hybridized carbons (Fsp3) is 0.316. The Morgan fingerprint density at radius 1 is 1.09 bits per heavy atom. The average molecular weight is 310 g/mol. The third-order valence-corrected chi connectivity index (χ3v) is 4.38. The molecule has 2 N–H and O–H groups in total. The number of carbonyl (C=O) groups excluding carboxylic acids is 1. The van der Waals surface area contributed by atoms with Crippen molar-refractivity contribution < 1.29 is 9.53 Å². The molecule has 0 radical (unpaired) electrons. The molecule has 1 aliphatic heterocycles. The summed E-state index contributed by atoms with van der Waals surface area (Å²) in [5.41, 5.74) is 8.12. The largest absolute Gasteiger partial charge is 0.497 e. The highest BCUT2D eigenvalue weighted by molar-refractivity contribution is 5.94. The van der Waals surface area contributed by atoms with E-state index in [2.05, 4.69) is 12.1 Å². The van der Waals surface area contributed by atoms with E-state index in [1.165, 1.54) is 5.56 Å². The zero-order valence-electron chi connectivity index (χ0n) is 13.3. The van der Waals surface area contributed by atoms with Crippen LogP contribution >= 0.6 is 0 Å². The van der Waals surface area contributed by atoms with Crippen LogP contribution in [0.5, 0.6) is 5.75 Å². The molecule has 23 heavy (non-hydrogen) atoms. The van der Waals surface area contributed by atoms with Gasteiger partial charge in [0.2, 0.25) is 0 Å². The van der Waals surface area contributed by atoms with Crippen LogP contribution in [0.1, 0.15) is 28.3 Å². The van der Waals surface area contributed by atoms with E-state index in [1.54, 1.807) is 7.11 Å². The molecule has 1 saturated heterocycles. The van der Waals surface area contributed by atoms with E-state index in [1.807, 2.05) is 47.4 Å². The average Bonchev–Trinajstić information content (AvgIpc) is 2.61. The van der Waals surface area contributed by atoms with Crippen LogP contribution in [0.4, 0.5) is 0 Å². The molecule has 2 aromatic carbocycles. The van der Waals surface area contributed by atoms with Crippen LogP contribution in [0.3, 0.4) is 0 Å². The molecule has 2 atom stereocenters. The Morgan fingerprint density at radius 3 is 2.43 bits per heavy atom. The number of hydrogen-bond acceptors (Lipinski definition) is 3. The SMILES string of the molecule is COc1ccc(C2CC(N)CN(C(=O)c3ccccc3)C2)cc1. The lowest BCUT2D eigenvalue weighted by molar-refractivity contribution is 0.0689. The van der Waals surface area contributed by atoms with Gasteiger partial charge in [-0.15, -0.1) is 0 Å². The second kappa shape index (κ2) is 6.84. The van der Waals surface area contributed by atoms with Gasteiger partial charge in [-0.1, -0.05) is 30.3 Å². The molecule has 4 nitrogen and oxygen atoms in total. The van der Waals surface area contributed by atoms with Crippen molar-refractivity contribution in [3.8, 4) is 5.75 Å². The van der Waals surface area contributed by atoms with E-state index in [0.29, 0.717) is 13.1 Å². The van der Waals surface area contributed by atoms with Gasteiger partial charge in [0.05, 0.1) is 7.11 Å². The zero-order valence-corrected chi connectivity index (χ0v) is 13.3. The molecule has 1 aliphatic rings. The van der Waals surface area contributed by atoms with Gasteiger partial charge in [-0.25, -0.2) is 0 Å². The molecule has 0 bridgehead atoms. The zero-order chi connectivity index (χ0) is 16.2. The number of hydrogen-bond donors (Lipinski definition) is 1. The lowest BCUT2D eigenvalue weighted by Gasteiger charge is -2.36. The molecular formula is C19H22N2O2. The molecule has 2 aromatic rings. The minimum atomic E-state index is 0.00325. The van der Waals surface area contributed by atoms with Crippen molar-refractivity contribution in [3.63, 3.8) is 0 Å². The monoisotopic (exact) mass is 310 g/mol. The third-order valence-electron chi connectivity index (χ3n) is 4.38. The van der Waals surface area contributed by atoms with E-state index in [4.69, 9.17) is 10.5 Å². The van der Waals surface area contributed by atoms with Crippen LogP contribution in [0, 0.1) is 0 Å². The van der Waals surface area contributed by atoms with Crippen molar-refractivity contribution in [2.24, 2.45) is 5.73 Å². The Hall–Kier alpha value is -2.33. The van der Waals surface area contributed by atoms with Crippen molar-refractivity contribution in [1.29, 1.82) is 0 Å². The van der Waals surface area contributed by atoms with Crippen molar-refractivity contribution in [1.82, 2.24) is 4.90 Å². The molecule has 0 aromatic heterocycles. The van der Waals surface area contributed by atoms with E-state index in [-0.39, 0.29) is 17.9 Å². The summed E-state index contributed by atoms with van der Waals surface area (Å²) in [6.07, 6.45) is 0.894. The van der Waals surface area contributed by atoms with Crippen molar-refractivity contribution >= 4 is 5.91 Å². The van der Waals surface area contributed by atoms with Gasteiger partial charge in [-0.2, -0.15) is 0 Å². The highest BCUT2D eigenvalue weighted by Crippen LogP contribution is 2.28. The second-order valence-electron chi connectivity index (χ2n) is 6.04. The van der Waals surface area contributed by atoms with Gasteiger partial charge >= 0.3 is 0 Å². The quantitative estimate of drug-likeness (QED) is 0.948. The smallest absolute Gasteiger partial charge is 0.253 e. The second-order valence-corrected chi connectivity index (χ2v) is 6.04. The fourth-order valence-electron chi connectivity index (χ4n) is 3.18. The topological polar surface area (TPSA) is 55.6 Å². The van der Waals surface area contributed by atoms with E-state index >= 15 is 0 Å². The predicted molar refractivity (Wildman–Crippen MR) is 90.7 cm³/mol. The summed E-state index contributed by atoms with van der Waals surface area (Å²) in [4.78, 5) is 14.5. The van der Waals surface area contributed by atoms with Crippen LogP contribution in [0.15, 0.2) is 54.6 Å². The maximum absolute atomic E-state index is 12.7. The van der Waals surface area contributed by atoms with Gasteiger partial charge in [0.25, 0.3) is 5.91 Å². The first kappa shape index (κ1) is 15.6. The summed E-state index contributed by atoms with van der Waals surface area (Å²) in [7, 11) is 1.66. The van der Waals surface area contributed by atoms with E-state index < -0.39 is 0 Å². The van der Waals surface area contributed by atoms with Crippen molar-refractivity contribution in [3.05, 3.63) is 65.7 Å². The normalized spacial score (nSPS) is 21.0. The summed E-state index contributed by atoms with van der Waals surface area (Å²) < 4.78 is 5.21. The lowest BCUT2D eigenvalue weighted by atomic mass is 9.88. The van der Waals surface area contributed by atoms with E-state index in [9.17, 15) is 4.79 Å². The lowest BCUT2D eigenvalue weighted by Crippen LogP contribution is -2.48. The standard InChI is InChI=1S/C19H22N2O2/c1-23-18-9-7-14(8-10-18)16-11-17(20)13-21(12-16)19(22)15-5-3-2-4-6-15/h2-10,16-17H,11-13,20H2,1H3. The number of nitrogens with two attached hydrogens (primary N) is 1. The highest BCUT2D eigenvalue weighted by atomic mass is 16.5. The number of amides is 1. The van der Waals surface area contributed by atoms with Crippen LogP contribution in [-0.4, -0.2) is 37.0 Å². The summed E-state index contributed by atoms with van der Waals surface area (Å²) in [5.74, 6) is 1.16. The number of likely N-dealkylation sites (tertiary alicyclic amines) is 1. The van der Waals surface area contributed by atoms with Gasteiger partial charge in [-0.3, -0.25) is 4.79 Å². The number of benzene rings is 2. The van der Waals surface area contributed by atoms with Crippen molar-refractivity contribution in [2.75, 3.05) is 20.2 Å². The number of nitrogens with zero attached hydrogens (tertiary/aromatic N) is 1. The number of piperidine rings is 1. The highest BCUT2D eigenvalue weighted by Gasteiger charge is 2.29. The summed E-state index contributed by atoms with van der Waals surface area (Å²) in [6, 6.07) is 17.4. The molecular weight excluding hydrogens is 288 g/mol. The molecule has 0 saturated carbocycles. The van der Waals surface area contributed by atoms with Crippen LogP contribution in [-0.2, 0) is 0 Å². The first-order valence-corrected chi connectivity index (χ1v) is 7.91. The number of carbonyl (C=O) groups is 1. The minimum Gasteiger partial charge on any atom is -0.497 e. The minimum absolute atomic E-state index is 0.00325. The molecule has 0 spiro atoms. The van der Waals surface area contributed by atoms with Gasteiger partial charge in [0, 0.05) is 30.6 Å². The third kappa shape index (κ3) is 3.54. The Morgan fingerprint density at radius 2 is 1.78 bits per heavy atom. The van der Waals surface area contributed by atoms with Crippen LogP contribution in [0.2, 0.25) is 0 Å². The molecule has 1 amide bonds. The number of rotatable bonds is 3. The molecule has 1 fully saturated rings. The maximum atomic E-state index is 12.7. The van der Waals surface area contributed by atoms with Gasteiger partial charge in [0.1, 0.15) is 5.75 Å². The summed E-state index contributed by atoms with van der Waals surface area (Å²) in [5, 5.41) is 0. The van der Waals surface area contributed by atoms with Crippen molar-refractivity contribution in [2.45, 2.75) is 18.4 Å². The predicted octanol–water partition coefficient (Wildman–Crippen LogP) is 2.65. The molecule has 120 valence electrons. The summed E-state index contributed by atoms with van der Waals surface area (Å²) >= 11 is 0. The van der Waals surface area contributed by atoms with Crippen LogP contribution < -0.4 is 10.5 Å². The Kier molecular flexibility index (Phi) is 4.63. The van der Waals surface area contributed by atoms with E-state index in [0.717, 1.165) is 17.7 Å². The molecule has 4 heteroatoms. The Balaban J connectivity index is 1.77. The van der Waals surface area contributed by atoms with Gasteiger partial charge in [-0.05, 0) is 36.2 Å². The number of ether oxygens (including phenoxy) is 1. The molecule has 3 rings (SSSR count). The van der Waals surface area contributed by atoms with Gasteiger partial charge < -0.3 is 15.4 Å². The Labute approximate surface area is 136 Å². The fourth-order valence-corrected chi connectivity index (χ4v) is 3.18. The maximum Gasteiger partial charge on any atom is 0.253 e.